The monoisotopic (exact) mass is 310 g/mol. The third-order valence-corrected chi connectivity index (χ3v) is 3.73. The molecule has 0 aliphatic carbocycles. The SMILES string of the molecule is CSCCN(C)C(=O)NC(CCc1ccccc1)C(=O)O. The first-order valence-corrected chi connectivity index (χ1v) is 8.21. The Labute approximate surface area is 129 Å². The molecule has 0 aliphatic rings. The van der Waals surface area contributed by atoms with E-state index < -0.39 is 12.0 Å². The van der Waals surface area contributed by atoms with Crippen molar-refractivity contribution in [3.05, 3.63) is 35.9 Å². The molecule has 0 radical (unpaired) electrons. The van der Waals surface area contributed by atoms with Gasteiger partial charge in [-0.05, 0) is 24.7 Å². The van der Waals surface area contributed by atoms with Crippen molar-refractivity contribution in [1.29, 1.82) is 0 Å². The maximum absolute atomic E-state index is 11.9. The number of amides is 2. The fraction of sp³-hybridized carbons (Fsp3) is 0.467. The normalized spacial score (nSPS) is 11.7. The van der Waals surface area contributed by atoms with E-state index >= 15 is 0 Å². The van der Waals surface area contributed by atoms with Gasteiger partial charge in [-0.25, -0.2) is 9.59 Å². The van der Waals surface area contributed by atoms with Crippen molar-refractivity contribution in [1.82, 2.24) is 10.2 Å². The molecule has 0 bridgehead atoms. The number of carboxylic acids is 1. The molecule has 0 saturated carbocycles. The van der Waals surface area contributed by atoms with Crippen molar-refractivity contribution in [3.63, 3.8) is 0 Å². The van der Waals surface area contributed by atoms with Gasteiger partial charge in [-0.2, -0.15) is 11.8 Å². The highest BCUT2D eigenvalue weighted by Crippen LogP contribution is 2.06. The van der Waals surface area contributed by atoms with Crippen molar-refractivity contribution in [2.45, 2.75) is 18.9 Å². The molecule has 116 valence electrons. The van der Waals surface area contributed by atoms with Crippen LogP contribution < -0.4 is 5.32 Å². The van der Waals surface area contributed by atoms with Crippen LogP contribution in [-0.2, 0) is 11.2 Å². The van der Waals surface area contributed by atoms with Crippen LogP contribution >= 0.6 is 11.8 Å². The second kappa shape index (κ2) is 9.28. The number of carbonyl (C=O) groups excluding carboxylic acids is 1. The molecule has 0 heterocycles. The molecule has 0 saturated heterocycles. The molecule has 1 rings (SSSR count). The minimum Gasteiger partial charge on any atom is -0.480 e. The van der Waals surface area contributed by atoms with E-state index in [1.54, 1.807) is 18.8 Å². The number of urea groups is 1. The fourth-order valence-electron chi connectivity index (χ4n) is 1.80. The summed E-state index contributed by atoms with van der Waals surface area (Å²) in [6.07, 6.45) is 2.96. The second-order valence-electron chi connectivity index (χ2n) is 4.78. The zero-order valence-electron chi connectivity index (χ0n) is 12.4. The summed E-state index contributed by atoms with van der Waals surface area (Å²) in [6, 6.07) is 8.44. The summed E-state index contributed by atoms with van der Waals surface area (Å²) >= 11 is 1.64. The number of thioether (sulfide) groups is 1. The van der Waals surface area contributed by atoms with Gasteiger partial charge in [0, 0.05) is 19.3 Å². The molecule has 5 nitrogen and oxygen atoms in total. The molecule has 0 aromatic heterocycles. The number of hydrogen-bond donors (Lipinski definition) is 2. The largest absolute Gasteiger partial charge is 0.480 e. The molecule has 0 spiro atoms. The zero-order chi connectivity index (χ0) is 15.7. The molecule has 2 amide bonds. The molecular weight excluding hydrogens is 288 g/mol. The Hall–Kier alpha value is -1.69. The predicted octanol–water partition coefficient (Wildman–Crippen LogP) is 2.08. The molecule has 1 aromatic carbocycles. The smallest absolute Gasteiger partial charge is 0.326 e. The number of nitrogens with one attached hydrogen (secondary N) is 1. The van der Waals surface area contributed by atoms with Crippen molar-refractivity contribution >= 4 is 23.8 Å². The quantitative estimate of drug-likeness (QED) is 0.771. The summed E-state index contributed by atoms with van der Waals surface area (Å²) in [5, 5.41) is 11.8. The first-order valence-electron chi connectivity index (χ1n) is 6.82. The average Bonchev–Trinajstić information content (AvgIpc) is 2.49. The van der Waals surface area contributed by atoms with Gasteiger partial charge in [0.05, 0.1) is 0 Å². The molecule has 1 unspecified atom stereocenters. The fourth-order valence-corrected chi connectivity index (χ4v) is 2.26. The third-order valence-electron chi connectivity index (χ3n) is 3.14. The average molecular weight is 310 g/mol. The maximum atomic E-state index is 11.9. The van der Waals surface area contributed by atoms with Crippen LogP contribution in [0.15, 0.2) is 30.3 Å². The highest BCUT2D eigenvalue weighted by atomic mass is 32.2. The molecule has 21 heavy (non-hydrogen) atoms. The van der Waals surface area contributed by atoms with Gasteiger partial charge in [-0.15, -0.1) is 0 Å². The van der Waals surface area contributed by atoms with Gasteiger partial charge < -0.3 is 15.3 Å². The van der Waals surface area contributed by atoms with Crippen LogP contribution in [0, 0.1) is 0 Å². The van der Waals surface area contributed by atoms with Gasteiger partial charge >= 0.3 is 12.0 Å². The number of nitrogens with zero attached hydrogens (tertiary/aromatic N) is 1. The first kappa shape index (κ1) is 17.4. The lowest BCUT2D eigenvalue weighted by Gasteiger charge is -2.21. The molecule has 0 aliphatic heterocycles. The Morgan fingerprint density at radius 2 is 2.00 bits per heavy atom. The number of aryl methyl sites for hydroxylation is 1. The lowest BCUT2D eigenvalue weighted by atomic mass is 10.1. The van der Waals surface area contributed by atoms with Crippen LogP contribution in [-0.4, -0.2) is 53.6 Å². The van der Waals surface area contributed by atoms with Crippen LogP contribution in [0.25, 0.3) is 0 Å². The molecule has 1 aromatic rings. The zero-order valence-corrected chi connectivity index (χ0v) is 13.2. The number of rotatable bonds is 8. The number of carbonyl (C=O) groups is 2. The number of carboxylic acid groups (broad SMARTS) is 1. The molecule has 6 heteroatoms. The van der Waals surface area contributed by atoms with Gasteiger partial charge in [0.1, 0.15) is 6.04 Å². The number of hydrogen-bond acceptors (Lipinski definition) is 3. The molecular formula is C15H22N2O3S. The summed E-state index contributed by atoms with van der Waals surface area (Å²) < 4.78 is 0. The number of benzene rings is 1. The van der Waals surface area contributed by atoms with E-state index in [0.717, 1.165) is 11.3 Å². The highest BCUT2D eigenvalue weighted by molar-refractivity contribution is 7.98. The van der Waals surface area contributed by atoms with E-state index in [1.165, 1.54) is 4.90 Å². The van der Waals surface area contributed by atoms with E-state index in [9.17, 15) is 14.7 Å². The van der Waals surface area contributed by atoms with E-state index in [0.29, 0.717) is 19.4 Å². The van der Waals surface area contributed by atoms with Gasteiger partial charge in [0.2, 0.25) is 0 Å². The summed E-state index contributed by atoms with van der Waals surface area (Å²) in [6.45, 7) is 0.595. The van der Waals surface area contributed by atoms with Crippen molar-refractivity contribution in [2.75, 3.05) is 25.6 Å². The third kappa shape index (κ3) is 6.53. The van der Waals surface area contributed by atoms with Crippen LogP contribution in [0.1, 0.15) is 12.0 Å². The summed E-state index contributed by atoms with van der Waals surface area (Å²) in [4.78, 5) is 24.7. The molecule has 2 N–H and O–H groups in total. The molecule has 0 fully saturated rings. The Kier molecular flexibility index (Phi) is 7.68. The summed E-state index contributed by atoms with van der Waals surface area (Å²) in [7, 11) is 1.67. The highest BCUT2D eigenvalue weighted by Gasteiger charge is 2.21. The van der Waals surface area contributed by atoms with Gasteiger partial charge in [0.25, 0.3) is 0 Å². The predicted molar refractivity (Wildman–Crippen MR) is 85.7 cm³/mol. The van der Waals surface area contributed by atoms with Crippen molar-refractivity contribution in [2.24, 2.45) is 0 Å². The summed E-state index contributed by atoms with van der Waals surface area (Å²) in [5.41, 5.74) is 1.06. The Balaban J connectivity index is 2.50. The van der Waals surface area contributed by atoms with E-state index in [2.05, 4.69) is 5.32 Å². The van der Waals surface area contributed by atoms with Crippen molar-refractivity contribution in [3.8, 4) is 0 Å². The van der Waals surface area contributed by atoms with E-state index in [1.807, 2.05) is 36.6 Å². The lowest BCUT2D eigenvalue weighted by Crippen LogP contribution is -2.47. The summed E-state index contributed by atoms with van der Waals surface area (Å²) in [5.74, 6) is -0.177. The Bertz CT molecular complexity index is 453. The minimum absolute atomic E-state index is 0.343. The van der Waals surface area contributed by atoms with Crippen LogP contribution in [0.3, 0.4) is 0 Å². The van der Waals surface area contributed by atoms with E-state index in [4.69, 9.17) is 0 Å². The van der Waals surface area contributed by atoms with Crippen molar-refractivity contribution < 1.29 is 14.7 Å². The van der Waals surface area contributed by atoms with Crippen LogP contribution in [0.4, 0.5) is 4.79 Å². The van der Waals surface area contributed by atoms with E-state index in [-0.39, 0.29) is 6.03 Å². The lowest BCUT2D eigenvalue weighted by molar-refractivity contribution is -0.139. The Morgan fingerprint density at radius 3 is 2.57 bits per heavy atom. The standard InChI is InChI=1S/C15H22N2O3S/c1-17(10-11-21-2)15(20)16-13(14(18)19)9-8-12-6-4-3-5-7-12/h3-7,13H,8-11H2,1-2H3,(H,16,20)(H,18,19). The Morgan fingerprint density at radius 1 is 1.33 bits per heavy atom. The molecule has 1 atom stereocenters. The first-order chi connectivity index (χ1) is 10.0. The van der Waals surface area contributed by atoms with Crippen LogP contribution in [0.5, 0.6) is 0 Å². The van der Waals surface area contributed by atoms with Gasteiger partial charge in [0.15, 0.2) is 0 Å². The minimum atomic E-state index is -1.00. The van der Waals surface area contributed by atoms with Gasteiger partial charge in [-0.1, -0.05) is 30.3 Å². The number of aliphatic carboxylic acids is 1. The topological polar surface area (TPSA) is 69.6 Å². The van der Waals surface area contributed by atoms with Crippen LogP contribution in [0.2, 0.25) is 0 Å². The van der Waals surface area contributed by atoms with Gasteiger partial charge in [-0.3, -0.25) is 0 Å². The second-order valence-corrected chi connectivity index (χ2v) is 5.76. The maximum Gasteiger partial charge on any atom is 0.326 e.